The number of carbonyl (C=O) groups is 1. The van der Waals surface area contributed by atoms with Crippen molar-refractivity contribution in [3.05, 3.63) is 35.0 Å². The lowest BCUT2D eigenvalue weighted by Crippen LogP contribution is -2.45. The van der Waals surface area contributed by atoms with Crippen LogP contribution >= 0.6 is 0 Å². The second-order valence-corrected chi connectivity index (χ2v) is 9.60. The third-order valence-corrected chi connectivity index (χ3v) is 7.42. The van der Waals surface area contributed by atoms with E-state index in [1.54, 1.807) is 12.1 Å². The van der Waals surface area contributed by atoms with E-state index in [2.05, 4.69) is 30.5 Å². The van der Waals surface area contributed by atoms with E-state index in [9.17, 15) is 18.0 Å². The Labute approximate surface area is 216 Å². The summed E-state index contributed by atoms with van der Waals surface area (Å²) in [7, 11) is 1.50. The molecule has 2 saturated heterocycles. The summed E-state index contributed by atoms with van der Waals surface area (Å²) in [4.78, 5) is 28.9. The average molecular weight is 532 g/mol. The second kappa shape index (κ2) is 9.62. The van der Waals surface area contributed by atoms with Gasteiger partial charge < -0.3 is 30.0 Å². The van der Waals surface area contributed by atoms with Crippen molar-refractivity contribution in [1.82, 2.24) is 24.8 Å². The van der Waals surface area contributed by atoms with E-state index >= 15 is 0 Å². The summed E-state index contributed by atoms with van der Waals surface area (Å²) >= 11 is 0. The van der Waals surface area contributed by atoms with Crippen molar-refractivity contribution in [3.8, 4) is 5.75 Å². The minimum absolute atomic E-state index is 0.0183. The highest BCUT2D eigenvalue weighted by Gasteiger charge is 2.36. The Balaban J connectivity index is 1.25. The number of anilines is 3. The number of benzene rings is 1. The molecule has 6 rings (SSSR count). The summed E-state index contributed by atoms with van der Waals surface area (Å²) in [6, 6.07) is 3.84. The fourth-order valence-electron chi connectivity index (χ4n) is 5.55. The first-order chi connectivity index (χ1) is 18.3. The van der Waals surface area contributed by atoms with Crippen molar-refractivity contribution in [2.75, 3.05) is 63.7 Å². The average Bonchev–Trinajstić information content (AvgIpc) is 3.68. The molecule has 1 amide bonds. The van der Waals surface area contributed by atoms with Crippen molar-refractivity contribution < 1.29 is 27.4 Å². The van der Waals surface area contributed by atoms with Gasteiger partial charge in [-0.25, -0.2) is 0 Å². The number of alkyl halides is 3. The molecule has 1 aromatic carbocycles. The number of aromatic nitrogens is 3. The van der Waals surface area contributed by atoms with Gasteiger partial charge in [-0.3, -0.25) is 9.69 Å². The van der Waals surface area contributed by atoms with E-state index in [0.29, 0.717) is 49.2 Å². The van der Waals surface area contributed by atoms with Gasteiger partial charge in [0.1, 0.15) is 17.2 Å². The summed E-state index contributed by atoms with van der Waals surface area (Å²) < 4.78 is 51.6. The van der Waals surface area contributed by atoms with E-state index in [1.165, 1.54) is 7.05 Å². The third-order valence-electron chi connectivity index (χ3n) is 7.42. The minimum atomic E-state index is -4.54. The number of amides is 1. The molecule has 3 N–H and O–H groups in total. The van der Waals surface area contributed by atoms with Gasteiger partial charge in [0.2, 0.25) is 5.95 Å². The summed E-state index contributed by atoms with van der Waals surface area (Å²) in [5.41, 5.74) is 1.17. The van der Waals surface area contributed by atoms with Gasteiger partial charge in [0.25, 0.3) is 5.91 Å². The summed E-state index contributed by atoms with van der Waals surface area (Å²) in [6.45, 7) is 5.04. The van der Waals surface area contributed by atoms with Crippen LogP contribution in [0.25, 0.3) is 11.0 Å². The van der Waals surface area contributed by atoms with Gasteiger partial charge >= 0.3 is 6.18 Å². The number of rotatable bonds is 5. The minimum Gasteiger partial charge on any atom is -0.491 e. The molecule has 0 bridgehead atoms. The highest BCUT2D eigenvalue weighted by Crippen LogP contribution is 2.40. The highest BCUT2D eigenvalue weighted by atomic mass is 19.4. The van der Waals surface area contributed by atoms with Gasteiger partial charge in [-0.15, -0.1) is 0 Å². The number of halogens is 3. The summed E-state index contributed by atoms with van der Waals surface area (Å²) in [5.74, 6) is 0.661. The van der Waals surface area contributed by atoms with Crippen LogP contribution in [0.2, 0.25) is 0 Å². The maximum Gasteiger partial charge on any atom is 0.418 e. The molecule has 0 radical (unpaired) electrons. The molecule has 1 atom stereocenters. The molecule has 38 heavy (non-hydrogen) atoms. The van der Waals surface area contributed by atoms with Crippen LogP contribution in [0.1, 0.15) is 27.9 Å². The number of morpholine rings is 1. The molecule has 0 spiro atoms. The number of hydrogen-bond donors (Lipinski definition) is 3. The Morgan fingerprint density at radius 1 is 1.16 bits per heavy atom. The van der Waals surface area contributed by atoms with Crippen LogP contribution < -0.4 is 15.4 Å². The molecular formula is C25H28F3N7O3. The zero-order valence-electron chi connectivity index (χ0n) is 20.8. The van der Waals surface area contributed by atoms with E-state index < -0.39 is 11.7 Å². The first kappa shape index (κ1) is 24.7. The third kappa shape index (κ3) is 4.39. The number of ether oxygens (including phenoxy) is 2. The number of hydrogen-bond acceptors (Lipinski definition) is 8. The van der Waals surface area contributed by atoms with Crippen molar-refractivity contribution in [2.45, 2.75) is 25.1 Å². The number of nitrogens with zero attached hydrogens (tertiary/aromatic N) is 4. The molecule has 2 fully saturated rings. The lowest BCUT2D eigenvalue weighted by Gasteiger charge is -2.32. The first-order valence-corrected chi connectivity index (χ1v) is 12.6. The Bertz CT molecular complexity index is 1370. The van der Waals surface area contributed by atoms with Gasteiger partial charge in [0.15, 0.2) is 0 Å². The van der Waals surface area contributed by atoms with Crippen LogP contribution in [0.3, 0.4) is 0 Å². The zero-order chi connectivity index (χ0) is 26.4. The Hall–Kier alpha value is -3.58. The summed E-state index contributed by atoms with van der Waals surface area (Å²) in [6.07, 6.45) is -2.14. The molecule has 1 unspecified atom stereocenters. The molecule has 2 aromatic heterocycles. The van der Waals surface area contributed by atoms with Crippen LogP contribution in [-0.4, -0.2) is 89.7 Å². The molecule has 13 heteroatoms. The topological polar surface area (TPSA) is 108 Å². The van der Waals surface area contributed by atoms with Crippen molar-refractivity contribution >= 4 is 34.4 Å². The van der Waals surface area contributed by atoms with Gasteiger partial charge in [-0.05, 0) is 18.6 Å². The Morgan fingerprint density at radius 3 is 2.74 bits per heavy atom. The fraction of sp³-hybridized carbons (Fsp3) is 0.480. The van der Waals surface area contributed by atoms with Crippen LogP contribution in [0.4, 0.5) is 30.6 Å². The molecule has 202 valence electrons. The van der Waals surface area contributed by atoms with Crippen LogP contribution in [0, 0.1) is 0 Å². The quantitative estimate of drug-likeness (QED) is 0.461. The van der Waals surface area contributed by atoms with Crippen LogP contribution in [0.15, 0.2) is 18.3 Å². The van der Waals surface area contributed by atoms with E-state index in [0.717, 1.165) is 44.5 Å². The number of likely N-dealkylation sites (tertiary alicyclic amines) is 1. The van der Waals surface area contributed by atoms with Gasteiger partial charge in [-0.2, -0.15) is 23.1 Å². The molecule has 3 aliphatic rings. The molecule has 5 heterocycles. The van der Waals surface area contributed by atoms with Crippen LogP contribution in [-0.2, 0) is 17.3 Å². The predicted octanol–water partition coefficient (Wildman–Crippen LogP) is 3.24. The normalized spacial score (nSPS) is 20.0. The first-order valence-electron chi connectivity index (χ1n) is 12.6. The standard InChI is InChI=1S/C25H28F3N7O3/c1-29-21-19-17(25(26,27)28)12-30-22(19)33-24(32-21)31-18-3-2-16(15-5-9-38-20(15)18)23(36)35-6-4-14(13-35)34-7-10-37-11-8-34/h2-3,12,14H,4-11,13H2,1H3,(H3,29,30,31,32,33). The van der Waals surface area contributed by atoms with E-state index in [4.69, 9.17) is 9.47 Å². The number of aromatic amines is 1. The zero-order valence-corrected chi connectivity index (χ0v) is 20.8. The van der Waals surface area contributed by atoms with Crippen molar-refractivity contribution in [3.63, 3.8) is 0 Å². The SMILES string of the molecule is CNc1nc(Nc2ccc(C(=O)N3CCC(N4CCOCC4)C3)c3c2OCC3)nc2[nH]cc(C(F)(F)F)c12. The largest absolute Gasteiger partial charge is 0.491 e. The maximum atomic E-state index is 13.5. The van der Waals surface area contributed by atoms with E-state index in [-0.39, 0.29) is 28.7 Å². The monoisotopic (exact) mass is 531 g/mol. The fourth-order valence-corrected chi connectivity index (χ4v) is 5.55. The number of H-pyrrole nitrogens is 1. The molecular weight excluding hydrogens is 503 g/mol. The van der Waals surface area contributed by atoms with Crippen molar-refractivity contribution in [2.24, 2.45) is 0 Å². The van der Waals surface area contributed by atoms with E-state index in [1.807, 2.05) is 4.90 Å². The predicted molar refractivity (Wildman–Crippen MR) is 134 cm³/mol. The second-order valence-electron chi connectivity index (χ2n) is 9.60. The smallest absolute Gasteiger partial charge is 0.418 e. The van der Waals surface area contributed by atoms with Crippen LogP contribution in [0.5, 0.6) is 5.75 Å². The molecule has 3 aromatic rings. The summed E-state index contributed by atoms with van der Waals surface area (Å²) in [5, 5.41) is 5.67. The molecule has 0 saturated carbocycles. The van der Waals surface area contributed by atoms with Gasteiger partial charge in [0.05, 0.1) is 36.5 Å². The Morgan fingerprint density at radius 2 is 1.97 bits per heavy atom. The molecule has 3 aliphatic heterocycles. The maximum absolute atomic E-state index is 13.5. The van der Waals surface area contributed by atoms with Crippen molar-refractivity contribution in [1.29, 1.82) is 0 Å². The Kier molecular flexibility index (Phi) is 6.26. The lowest BCUT2D eigenvalue weighted by atomic mass is 10.0. The molecule has 0 aliphatic carbocycles. The lowest BCUT2D eigenvalue weighted by molar-refractivity contribution is -0.136. The number of carbonyl (C=O) groups excluding carboxylic acids is 1. The highest BCUT2D eigenvalue weighted by molar-refractivity contribution is 5.98. The van der Waals surface area contributed by atoms with Gasteiger partial charge in [-0.1, -0.05) is 0 Å². The molecule has 10 nitrogen and oxygen atoms in total. The van der Waals surface area contributed by atoms with Gasteiger partial charge in [0, 0.05) is 63.0 Å². The number of nitrogens with one attached hydrogen (secondary N) is 3. The number of fused-ring (bicyclic) bond motifs is 2.